The van der Waals surface area contributed by atoms with Crippen LogP contribution in [0.5, 0.6) is 0 Å². The first-order valence-electron chi connectivity index (χ1n) is 5.53. The minimum atomic E-state index is -0.537. The Morgan fingerprint density at radius 1 is 1.50 bits per heavy atom. The van der Waals surface area contributed by atoms with Gasteiger partial charge in [-0.1, -0.05) is 0 Å². The van der Waals surface area contributed by atoms with Crippen LogP contribution >= 0.6 is 0 Å². The van der Waals surface area contributed by atoms with Crippen LogP contribution in [0, 0.1) is 0 Å². The van der Waals surface area contributed by atoms with Crippen molar-refractivity contribution in [2.75, 3.05) is 24.1 Å². The third-order valence-corrected chi connectivity index (χ3v) is 2.40. The van der Waals surface area contributed by atoms with Gasteiger partial charge in [0, 0.05) is 12.6 Å². The molecule has 1 amide bonds. The summed E-state index contributed by atoms with van der Waals surface area (Å²) in [5.74, 6) is -0.664. The molecule has 1 heterocycles. The van der Waals surface area contributed by atoms with Crippen LogP contribution in [0.15, 0.2) is 21.3 Å². The molecule has 0 radical (unpaired) electrons. The number of aromatic nitrogens is 1. The molecule has 1 aromatic carbocycles. The van der Waals surface area contributed by atoms with Crippen molar-refractivity contribution in [2.45, 2.75) is 6.92 Å². The molecular formula is C11H14N4O3. The summed E-state index contributed by atoms with van der Waals surface area (Å²) in [4.78, 5) is 24.8. The molecule has 1 aromatic heterocycles. The van der Waals surface area contributed by atoms with E-state index >= 15 is 0 Å². The lowest BCUT2D eigenvalue weighted by atomic mass is 10.2. The van der Waals surface area contributed by atoms with Crippen molar-refractivity contribution in [3.8, 4) is 0 Å². The maximum atomic E-state index is 11.3. The van der Waals surface area contributed by atoms with Gasteiger partial charge in [0.25, 0.3) is 0 Å². The van der Waals surface area contributed by atoms with E-state index in [0.717, 1.165) is 0 Å². The van der Waals surface area contributed by atoms with Gasteiger partial charge in [0.1, 0.15) is 0 Å². The monoisotopic (exact) mass is 250 g/mol. The average molecular weight is 250 g/mol. The Kier molecular flexibility index (Phi) is 3.22. The van der Waals surface area contributed by atoms with E-state index in [1.165, 1.54) is 6.07 Å². The molecule has 0 aliphatic rings. The fraction of sp³-hybridized carbons (Fsp3) is 0.273. The van der Waals surface area contributed by atoms with Gasteiger partial charge in [0.15, 0.2) is 5.58 Å². The Morgan fingerprint density at radius 2 is 2.28 bits per heavy atom. The minimum Gasteiger partial charge on any atom is -0.408 e. The van der Waals surface area contributed by atoms with Crippen LogP contribution in [0.1, 0.15) is 6.92 Å². The molecule has 2 aromatic rings. The van der Waals surface area contributed by atoms with Gasteiger partial charge < -0.3 is 20.8 Å². The number of likely N-dealkylation sites (N-methyl/N-ethyl adjacent to an activating group) is 1. The van der Waals surface area contributed by atoms with E-state index < -0.39 is 5.76 Å². The quantitative estimate of drug-likeness (QED) is 0.581. The maximum Gasteiger partial charge on any atom is 0.417 e. The summed E-state index contributed by atoms with van der Waals surface area (Å²) in [6.07, 6.45) is 0. The van der Waals surface area contributed by atoms with Gasteiger partial charge in [-0.2, -0.15) is 0 Å². The van der Waals surface area contributed by atoms with Crippen molar-refractivity contribution in [2.24, 2.45) is 0 Å². The van der Waals surface area contributed by atoms with Gasteiger partial charge in [0.2, 0.25) is 5.91 Å². The Bertz CT molecular complexity index is 629. The summed E-state index contributed by atoms with van der Waals surface area (Å²) in [7, 11) is 0. The second-order valence-corrected chi connectivity index (χ2v) is 3.76. The van der Waals surface area contributed by atoms with Crippen LogP contribution in [0.2, 0.25) is 0 Å². The highest BCUT2D eigenvalue weighted by Gasteiger charge is 2.07. The second-order valence-electron chi connectivity index (χ2n) is 3.76. The highest BCUT2D eigenvalue weighted by atomic mass is 16.4. The molecule has 0 aliphatic heterocycles. The molecule has 0 spiro atoms. The van der Waals surface area contributed by atoms with Gasteiger partial charge in [-0.3, -0.25) is 9.78 Å². The largest absolute Gasteiger partial charge is 0.417 e. The zero-order valence-electron chi connectivity index (χ0n) is 9.87. The molecule has 2 rings (SSSR count). The zero-order chi connectivity index (χ0) is 13.1. The molecule has 0 saturated heterocycles. The lowest BCUT2D eigenvalue weighted by Gasteiger charge is -2.08. The normalized spacial score (nSPS) is 10.5. The maximum absolute atomic E-state index is 11.3. The third-order valence-electron chi connectivity index (χ3n) is 2.40. The zero-order valence-corrected chi connectivity index (χ0v) is 9.87. The number of fused-ring (bicyclic) bond motifs is 1. The fourth-order valence-electron chi connectivity index (χ4n) is 1.60. The lowest BCUT2D eigenvalue weighted by Crippen LogP contribution is -2.29. The SMILES string of the molecule is CCNC(=O)CNc1cc2[nH]c(=O)oc2cc1N. The Balaban J connectivity index is 2.19. The van der Waals surface area contributed by atoms with E-state index in [1.807, 2.05) is 6.92 Å². The first-order valence-corrected chi connectivity index (χ1v) is 5.53. The van der Waals surface area contributed by atoms with Gasteiger partial charge in [-0.05, 0) is 13.0 Å². The first kappa shape index (κ1) is 12.0. The molecule has 0 bridgehead atoms. The molecule has 0 unspecified atom stereocenters. The number of carbonyl (C=O) groups is 1. The molecule has 7 nitrogen and oxygen atoms in total. The molecule has 5 N–H and O–H groups in total. The molecule has 0 saturated carbocycles. The number of amides is 1. The molecule has 0 fully saturated rings. The number of anilines is 2. The molecule has 0 atom stereocenters. The molecule has 7 heteroatoms. The van der Waals surface area contributed by atoms with Gasteiger partial charge in [-0.25, -0.2) is 4.79 Å². The van der Waals surface area contributed by atoms with E-state index in [2.05, 4.69) is 15.6 Å². The summed E-state index contributed by atoms with van der Waals surface area (Å²) in [5.41, 5.74) is 7.70. The van der Waals surface area contributed by atoms with Crippen LogP contribution < -0.4 is 22.1 Å². The second kappa shape index (κ2) is 4.82. The van der Waals surface area contributed by atoms with Crippen LogP contribution in [-0.2, 0) is 4.79 Å². The number of nitrogen functional groups attached to an aromatic ring is 1. The number of aromatic amines is 1. The van der Waals surface area contributed by atoms with Crippen LogP contribution in [0.3, 0.4) is 0 Å². The third kappa shape index (κ3) is 2.45. The smallest absolute Gasteiger partial charge is 0.408 e. The summed E-state index contributed by atoms with van der Waals surface area (Å²) in [6.45, 7) is 2.53. The standard InChI is InChI=1S/C11H14N4O3/c1-2-13-10(16)5-14-7-4-8-9(3-6(7)12)18-11(17)15-8/h3-4,14H,2,5,12H2,1H3,(H,13,16)(H,15,17). The van der Waals surface area contributed by atoms with Crippen molar-refractivity contribution < 1.29 is 9.21 Å². The van der Waals surface area contributed by atoms with Crippen LogP contribution in [0.25, 0.3) is 11.1 Å². The van der Waals surface area contributed by atoms with E-state index in [0.29, 0.717) is 29.0 Å². The summed E-state index contributed by atoms with van der Waals surface area (Å²) in [6, 6.07) is 3.17. The summed E-state index contributed by atoms with van der Waals surface area (Å²) < 4.78 is 4.87. The molecule has 0 aliphatic carbocycles. The molecular weight excluding hydrogens is 236 g/mol. The van der Waals surface area contributed by atoms with E-state index in [9.17, 15) is 9.59 Å². The van der Waals surface area contributed by atoms with Crippen molar-refractivity contribution in [3.05, 3.63) is 22.7 Å². The number of hydrogen-bond acceptors (Lipinski definition) is 5. The van der Waals surface area contributed by atoms with E-state index in [1.54, 1.807) is 6.07 Å². The Hall–Kier alpha value is -2.44. The van der Waals surface area contributed by atoms with Gasteiger partial charge in [-0.15, -0.1) is 0 Å². The predicted molar refractivity (Wildman–Crippen MR) is 68.4 cm³/mol. The number of carbonyl (C=O) groups excluding carboxylic acids is 1. The average Bonchev–Trinajstić information content (AvgIpc) is 2.65. The van der Waals surface area contributed by atoms with Crippen molar-refractivity contribution in [1.82, 2.24) is 10.3 Å². The summed E-state index contributed by atoms with van der Waals surface area (Å²) in [5, 5.41) is 5.56. The predicted octanol–water partition coefficient (Wildman–Crippen LogP) is 0.251. The van der Waals surface area contributed by atoms with Gasteiger partial charge in [0.05, 0.1) is 23.4 Å². The van der Waals surface area contributed by atoms with Crippen molar-refractivity contribution in [3.63, 3.8) is 0 Å². The van der Waals surface area contributed by atoms with E-state index in [-0.39, 0.29) is 12.5 Å². The number of hydrogen-bond donors (Lipinski definition) is 4. The van der Waals surface area contributed by atoms with E-state index in [4.69, 9.17) is 10.2 Å². The van der Waals surface area contributed by atoms with Crippen LogP contribution in [0.4, 0.5) is 11.4 Å². The first-order chi connectivity index (χ1) is 8.60. The lowest BCUT2D eigenvalue weighted by molar-refractivity contribution is -0.119. The highest BCUT2D eigenvalue weighted by molar-refractivity contribution is 5.87. The van der Waals surface area contributed by atoms with Gasteiger partial charge >= 0.3 is 5.76 Å². The van der Waals surface area contributed by atoms with Crippen molar-refractivity contribution >= 4 is 28.4 Å². The Labute approximate surface area is 102 Å². The summed E-state index contributed by atoms with van der Waals surface area (Å²) >= 11 is 0. The van der Waals surface area contributed by atoms with Crippen molar-refractivity contribution in [1.29, 1.82) is 0 Å². The number of oxazole rings is 1. The fourth-order valence-corrected chi connectivity index (χ4v) is 1.60. The topological polar surface area (TPSA) is 113 Å². The highest BCUT2D eigenvalue weighted by Crippen LogP contribution is 2.23. The molecule has 96 valence electrons. The molecule has 18 heavy (non-hydrogen) atoms. The number of H-pyrrole nitrogens is 1. The number of benzene rings is 1. The van der Waals surface area contributed by atoms with Crippen LogP contribution in [-0.4, -0.2) is 24.0 Å². The minimum absolute atomic E-state index is 0.117. The number of nitrogens with one attached hydrogen (secondary N) is 3. The Morgan fingerprint density at radius 3 is 3.00 bits per heavy atom. The number of rotatable bonds is 4. The number of nitrogens with two attached hydrogens (primary N) is 1.